The first-order valence-electron chi connectivity index (χ1n) is 8.80. The summed E-state index contributed by atoms with van der Waals surface area (Å²) < 4.78 is 13.7. The molecule has 28 heavy (non-hydrogen) atoms. The molecule has 0 saturated carbocycles. The number of halogens is 2. The Morgan fingerprint density at radius 2 is 1.79 bits per heavy atom. The topological polar surface area (TPSA) is 83.0 Å². The van der Waals surface area contributed by atoms with Crippen molar-refractivity contribution < 1.29 is 9.50 Å². The number of pyridine rings is 1. The van der Waals surface area contributed by atoms with Gasteiger partial charge in [-0.2, -0.15) is 0 Å². The maximum Gasteiger partial charge on any atom is 0.182 e. The molecular formula is C20H21ClFN5O. The Balaban J connectivity index is 2.05. The van der Waals surface area contributed by atoms with Crippen molar-refractivity contribution in [2.45, 2.75) is 33.4 Å². The smallest absolute Gasteiger partial charge is 0.182 e. The Hall–Kier alpha value is -2.77. The van der Waals surface area contributed by atoms with E-state index in [1.165, 1.54) is 12.1 Å². The van der Waals surface area contributed by atoms with Gasteiger partial charge in [0.1, 0.15) is 28.3 Å². The van der Waals surface area contributed by atoms with E-state index >= 15 is 0 Å². The Bertz CT molecular complexity index is 976. The van der Waals surface area contributed by atoms with Gasteiger partial charge in [-0.15, -0.1) is 0 Å². The first-order chi connectivity index (χ1) is 13.3. The molecule has 0 spiro atoms. The summed E-state index contributed by atoms with van der Waals surface area (Å²) in [6.07, 6.45) is 0. The van der Waals surface area contributed by atoms with Crippen molar-refractivity contribution in [1.29, 1.82) is 0 Å². The number of aryl methyl sites for hydroxylation is 1. The summed E-state index contributed by atoms with van der Waals surface area (Å²) in [7, 11) is 0. The first kappa shape index (κ1) is 20.0. The van der Waals surface area contributed by atoms with Crippen molar-refractivity contribution in [3.63, 3.8) is 0 Å². The largest absolute Gasteiger partial charge is 0.392 e. The molecule has 3 N–H and O–H groups in total. The molecule has 0 amide bonds. The maximum absolute atomic E-state index is 13.7. The van der Waals surface area contributed by atoms with Gasteiger partial charge < -0.3 is 15.7 Å². The number of rotatable bonds is 6. The molecule has 1 aromatic carbocycles. The van der Waals surface area contributed by atoms with E-state index in [-0.39, 0.29) is 23.6 Å². The Morgan fingerprint density at radius 1 is 1.04 bits per heavy atom. The van der Waals surface area contributed by atoms with Crippen LogP contribution in [0.1, 0.15) is 25.0 Å². The quantitative estimate of drug-likeness (QED) is 0.519. The molecule has 8 heteroatoms. The van der Waals surface area contributed by atoms with Crippen LogP contribution in [0, 0.1) is 12.7 Å². The van der Waals surface area contributed by atoms with E-state index < -0.39 is 0 Å². The molecule has 0 bridgehead atoms. The first-order valence-corrected chi connectivity index (χ1v) is 9.17. The van der Waals surface area contributed by atoms with E-state index in [1.807, 2.05) is 26.8 Å². The van der Waals surface area contributed by atoms with Gasteiger partial charge >= 0.3 is 0 Å². The zero-order chi connectivity index (χ0) is 20.3. The molecule has 6 nitrogen and oxygen atoms in total. The molecule has 2 heterocycles. The molecule has 146 valence electrons. The van der Waals surface area contributed by atoms with Gasteiger partial charge in [0.2, 0.25) is 0 Å². The highest BCUT2D eigenvalue weighted by atomic mass is 35.5. The number of aliphatic hydroxyl groups excluding tert-OH is 1. The lowest BCUT2D eigenvalue weighted by molar-refractivity contribution is 0.282. The second-order valence-electron chi connectivity index (χ2n) is 6.74. The molecule has 0 aliphatic heterocycles. The minimum Gasteiger partial charge on any atom is -0.392 e. The standard InChI is InChI=1S/C20H21ClFN5O/c1-11(2)23-18-9-19(24-15-5-12(3)4-14(22)8-15)27-20(26-18)16-6-13(10-28)7-17(21)25-16/h4-9,11,28H,10H2,1-3H3,(H2,23,24,26,27). The monoisotopic (exact) mass is 401 g/mol. The summed E-state index contributed by atoms with van der Waals surface area (Å²) in [6, 6.07) is 9.81. The van der Waals surface area contributed by atoms with Crippen LogP contribution in [0.3, 0.4) is 0 Å². The number of nitrogens with one attached hydrogen (secondary N) is 2. The van der Waals surface area contributed by atoms with E-state index in [4.69, 9.17) is 11.6 Å². The number of anilines is 3. The zero-order valence-electron chi connectivity index (χ0n) is 15.8. The van der Waals surface area contributed by atoms with Gasteiger partial charge in [-0.1, -0.05) is 11.6 Å². The zero-order valence-corrected chi connectivity index (χ0v) is 16.5. The van der Waals surface area contributed by atoms with E-state index in [0.29, 0.717) is 34.4 Å². The van der Waals surface area contributed by atoms with Crippen LogP contribution in [0.2, 0.25) is 5.15 Å². The predicted octanol–water partition coefficient (Wildman–Crippen LogP) is 4.70. The SMILES string of the molecule is Cc1cc(F)cc(Nc2cc(NC(C)C)nc(-c3cc(CO)cc(Cl)n3)n2)c1. The lowest BCUT2D eigenvalue weighted by atomic mass is 10.2. The highest BCUT2D eigenvalue weighted by Gasteiger charge is 2.12. The average molecular weight is 402 g/mol. The Morgan fingerprint density at radius 3 is 2.46 bits per heavy atom. The minimum atomic E-state index is -0.332. The summed E-state index contributed by atoms with van der Waals surface area (Å²) in [6.45, 7) is 5.63. The number of hydrogen-bond donors (Lipinski definition) is 3. The molecule has 0 aliphatic carbocycles. The Kier molecular flexibility index (Phi) is 6.06. The van der Waals surface area contributed by atoms with E-state index in [1.54, 1.807) is 18.2 Å². The van der Waals surface area contributed by atoms with Crippen LogP contribution in [0.25, 0.3) is 11.5 Å². The Labute approximate surface area is 167 Å². The molecular weight excluding hydrogens is 381 g/mol. The maximum atomic E-state index is 13.7. The summed E-state index contributed by atoms with van der Waals surface area (Å²) in [4.78, 5) is 13.3. The number of aromatic nitrogens is 3. The molecule has 0 fully saturated rings. The lowest BCUT2D eigenvalue weighted by Crippen LogP contribution is -2.12. The van der Waals surface area contributed by atoms with Crippen LogP contribution in [-0.4, -0.2) is 26.1 Å². The van der Waals surface area contributed by atoms with Crippen molar-refractivity contribution in [1.82, 2.24) is 15.0 Å². The summed E-state index contributed by atoms with van der Waals surface area (Å²) >= 11 is 6.06. The fourth-order valence-corrected chi connectivity index (χ4v) is 2.94. The van der Waals surface area contributed by atoms with Crippen LogP contribution >= 0.6 is 11.6 Å². The number of nitrogens with zero attached hydrogens (tertiary/aromatic N) is 3. The summed E-state index contributed by atoms with van der Waals surface area (Å²) in [5.74, 6) is 1.06. The van der Waals surface area contributed by atoms with Crippen molar-refractivity contribution in [3.8, 4) is 11.5 Å². The van der Waals surface area contributed by atoms with Gasteiger partial charge in [0.15, 0.2) is 5.82 Å². The summed E-state index contributed by atoms with van der Waals surface area (Å²) in [5.41, 5.74) is 2.41. The second-order valence-corrected chi connectivity index (χ2v) is 7.13. The van der Waals surface area contributed by atoms with Crippen molar-refractivity contribution >= 4 is 28.9 Å². The van der Waals surface area contributed by atoms with Crippen LogP contribution in [0.5, 0.6) is 0 Å². The van der Waals surface area contributed by atoms with Crippen LogP contribution < -0.4 is 10.6 Å². The normalized spacial score (nSPS) is 11.0. The molecule has 0 atom stereocenters. The van der Waals surface area contributed by atoms with Crippen LogP contribution in [0.15, 0.2) is 36.4 Å². The number of aliphatic hydroxyl groups is 1. The molecule has 0 unspecified atom stereocenters. The highest BCUT2D eigenvalue weighted by Crippen LogP contribution is 2.25. The lowest BCUT2D eigenvalue weighted by Gasteiger charge is -2.14. The third kappa shape index (κ3) is 5.15. The fraction of sp³-hybridized carbons (Fsp3) is 0.250. The van der Waals surface area contributed by atoms with Gasteiger partial charge in [-0.25, -0.2) is 19.3 Å². The average Bonchev–Trinajstić information content (AvgIpc) is 2.59. The minimum absolute atomic E-state index is 0.146. The third-order valence-corrected chi connectivity index (χ3v) is 3.94. The molecule has 2 aromatic heterocycles. The molecule has 3 aromatic rings. The van der Waals surface area contributed by atoms with Gasteiger partial charge in [0.05, 0.1) is 6.61 Å². The molecule has 3 rings (SSSR count). The third-order valence-electron chi connectivity index (χ3n) is 3.74. The number of benzene rings is 1. The van der Waals surface area contributed by atoms with Crippen LogP contribution in [-0.2, 0) is 6.61 Å². The number of hydrogen-bond acceptors (Lipinski definition) is 6. The second kappa shape index (κ2) is 8.50. The predicted molar refractivity (Wildman–Crippen MR) is 109 cm³/mol. The van der Waals surface area contributed by atoms with Gasteiger partial charge in [-0.05, 0) is 62.2 Å². The van der Waals surface area contributed by atoms with Crippen LogP contribution in [0.4, 0.5) is 21.7 Å². The van der Waals surface area contributed by atoms with Gasteiger partial charge in [0.25, 0.3) is 0 Å². The van der Waals surface area contributed by atoms with Crippen molar-refractivity contribution in [2.75, 3.05) is 10.6 Å². The molecule has 0 radical (unpaired) electrons. The van der Waals surface area contributed by atoms with Gasteiger partial charge in [-0.3, -0.25) is 0 Å². The fourth-order valence-electron chi connectivity index (χ4n) is 2.71. The van der Waals surface area contributed by atoms with E-state index in [0.717, 1.165) is 5.56 Å². The summed E-state index contributed by atoms with van der Waals surface area (Å²) in [5, 5.41) is 16.0. The molecule has 0 saturated heterocycles. The van der Waals surface area contributed by atoms with Crippen molar-refractivity contribution in [2.24, 2.45) is 0 Å². The highest BCUT2D eigenvalue weighted by molar-refractivity contribution is 6.29. The van der Waals surface area contributed by atoms with E-state index in [2.05, 4.69) is 25.6 Å². The molecule has 0 aliphatic rings. The van der Waals surface area contributed by atoms with E-state index in [9.17, 15) is 9.50 Å². The van der Waals surface area contributed by atoms with Gasteiger partial charge in [0, 0.05) is 17.8 Å². The van der Waals surface area contributed by atoms with Crippen molar-refractivity contribution in [3.05, 3.63) is 58.5 Å².